The molecule has 2 rings (SSSR count). The maximum absolute atomic E-state index is 12.0. The van der Waals surface area contributed by atoms with Crippen molar-refractivity contribution in [1.82, 2.24) is 0 Å². The minimum absolute atomic E-state index is 0.0919. The highest BCUT2D eigenvalue weighted by molar-refractivity contribution is 5.79. The fraction of sp³-hybridized carbons (Fsp3) is 0.818. The van der Waals surface area contributed by atoms with Crippen LogP contribution in [0.1, 0.15) is 65.2 Å². The molecule has 0 aliphatic heterocycles. The first kappa shape index (κ1) is 23.5. The largest absolute Gasteiger partial charge is 0.463 e. The standard InChI is InChI=1S/C22H34O7/c1-15(23)17-3-7-19(8-4-17)21(25)28-13-11-27-12-14-29-22(26)20-9-5-18(6-10-20)16(2)24/h17-20H,3-14H2,1-2H3/t17-,18-,19-,20-. The van der Waals surface area contributed by atoms with E-state index in [1.54, 1.807) is 13.8 Å². The van der Waals surface area contributed by atoms with E-state index in [9.17, 15) is 19.2 Å². The molecule has 7 heteroatoms. The van der Waals surface area contributed by atoms with Crippen molar-refractivity contribution in [3.05, 3.63) is 0 Å². The average Bonchev–Trinajstić information content (AvgIpc) is 2.72. The second-order valence-corrected chi connectivity index (χ2v) is 8.27. The van der Waals surface area contributed by atoms with Crippen molar-refractivity contribution < 1.29 is 33.4 Å². The fourth-order valence-corrected chi connectivity index (χ4v) is 4.21. The van der Waals surface area contributed by atoms with Gasteiger partial charge in [-0.3, -0.25) is 19.2 Å². The Labute approximate surface area is 172 Å². The van der Waals surface area contributed by atoms with Crippen LogP contribution in [0.15, 0.2) is 0 Å². The van der Waals surface area contributed by atoms with Gasteiger partial charge in [0.05, 0.1) is 25.0 Å². The molecule has 7 nitrogen and oxygen atoms in total. The molecule has 2 fully saturated rings. The van der Waals surface area contributed by atoms with Crippen LogP contribution >= 0.6 is 0 Å². The van der Waals surface area contributed by atoms with Crippen molar-refractivity contribution in [1.29, 1.82) is 0 Å². The van der Waals surface area contributed by atoms with Gasteiger partial charge in [0.15, 0.2) is 0 Å². The molecule has 0 aromatic heterocycles. The fourth-order valence-electron chi connectivity index (χ4n) is 4.21. The predicted octanol–water partition coefficient (Wildman–Crippen LogP) is 2.88. The lowest BCUT2D eigenvalue weighted by atomic mass is 9.80. The van der Waals surface area contributed by atoms with E-state index in [0.717, 1.165) is 25.7 Å². The molecule has 0 aromatic rings. The molecule has 2 aliphatic carbocycles. The third-order valence-corrected chi connectivity index (χ3v) is 6.21. The molecule has 0 atom stereocenters. The molecule has 0 unspecified atom stereocenters. The lowest BCUT2D eigenvalue weighted by molar-refractivity contribution is -0.153. The smallest absolute Gasteiger partial charge is 0.309 e. The zero-order chi connectivity index (χ0) is 21.2. The molecule has 0 spiro atoms. The van der Waals surface area contributed by atoms with Crippen LogP contribution in [-0.4, -0.2) is 49.9 Å². The Balaban J connectivity index is 1.47. The van der Waals surface area contributed by atoms with Gasteiger partial charge in [-0.25, -0.2) is 0 Å². The molecule has 0 radical (unpaired) electrons. The summed E-state index contributed by atoms with van der Waals surface area (Å²) in [5.41, 5.74) is 0. The second-order valence-electron chi connectivity index (χ2n) is 8.27. The van der Waals surface area contributed by atoms with Crippen LogP contribution in [0.3, 0.4) is 0 Å². The predicted molar refractivity (Wildman–Crippen MR) is 105 cm³/mol. The van der Waals surface area contributed by atoms with Crippen LogP contribution in [0.2, 0.25) is 0 Å². The van der Waals surface area contributed by atoms with E-state index >= 15 is 0 Å². The van der Waals surface area contributed by atoms with Crippen LogP contribution < -0.4 is 0 Å². The number of hydrogen-bond donors (Lipinski definition) is 0. The molecular formula is C22H34O7. The van der Waals surface area contributed by atoms with Crippen molar-refractivity contribution in [3.63, 3.8) is 0 Å². The van der Waals surface area contributed by atoms with Gasteiger partial charge in [-0.2, -0.15) is 0 Å². The molecule has 0 heterocycles. The SMILES string of the molecule is CC(=O)[C@H]1CC[C@H](C(=O)OCCOCCOC(=O)[C@H]2CC[C@H](C(C)=O)CC2)CC1. The van der Waals surface area contributed by atoms with Crippen LogP contribution in [0.25, 0.3) is 0 Å². The highest BCUT2D eigenvalue weighted by atomic mass is 16.6. The summed E-state index contributed by atoms with van der Waals surface area (Å²) >= 11 is 0. The first-order valence-corrected chi connectivity index (χ1v) is 10.8. The molecule has 0 bridgehead atoms. The Morgan fingerprint density at radius 3 is 1.17 bits per heavy atom. The topological polar surface area (TPSA) is 96.0 Å². The number of rotatable bonds is 10. The maximum atomic E-state index is 12.0. The van der Waals surface area contributed by atoms with Crippen molar-refractivity contribution >= 4 is 23.5 Å². The Morgan fingerprint density at radius 1 is 0.552 bits per heavy atom. The van der Waals surface area contributed by atoms with E-state index in [2.05, 4.69) is 0 Å². The van der Waals surface area contributed by atoms with E-state index in [4.69, 9.17) is 14.2 Å². The lowest BCUT2D eigenvalue weighted by Crippen LogP contribution is -2.27. The summed E-state index contributed by atoms with van der Waals surface area (Å²) in [7, 11) is 0. The maximum Gasteiger partial charge on any atom is 0.309 e. The summed E-state index contributed by atoms with van der Waals surface area (Å²) in [4.78, 5) is 46.8. The van der Waals surface area contributed by atoms with Crippen LogP contribution in [0, 0.1) is 23.7 Å². The average molecular weight is 411 g/mol. The zero-order valence-corrected chi connectivity index (χ0v) is 17.7. The number of ketones is 2. The molecule has 29 heavy (non-hydrogen) atoms. The summed E-state index contributed by atoms with van der Waals surface area (Å²) in [6.07, 6.45) is 5.84. The van der Waals surface area contributed by atoms with E-state index in [-0.39, 0.29) is 73.6 Å². The van der Waals surface area contributed by atoms with Gasteiger partial charge in [0.2, 0.25) is 0 Å². The normalized spacial score (nSPS) is 27.1. The van der Waals surface area contributed by atoms with Crippen molar-refractivity contribution in [2.75, 3.05) is 26.4 Å². The third-order valence-electron chi connectivity index (χ3n) is 6.21. The van der Waals surface area contributed by atoms with E-state index in [0.29, 0.717) is 25.7 Å². The molecular weight excluding hydrogens is 376 g/mol. The highest BCUT2D eigenvalue weighted by Crippen LogP contribution is 2.31. The first-order chi connectivity index (χ1) is 13.9. The van der Waals surface area contributed by atoms with Gasteiger partial charge in [-0.05, 0) is 65.2 Å². The van der Waals surface area contributed by atoms with Gasteiger partial charge < -0.3 is 14.2 Å². The number of Topliss-reactive ketones (excluding diaryl/α,β-unsaturated/α-hetero) is 2. The molecule has 0 saturated heterocycles. The zero-order valence-electron chi connectivity index (χ0n) is 17.7. The number of carbonyl (C=O) groups excluding carboxylic acids is 4. The highest BCUT2D eigenvalue weighted by Gasteiger charge is 2.30. The number of carbonyl (C=O) groups is 4. The number of hydrogen-bond acceptors (Lipinski definition) is 7. The summed E-state index contributed by atoms with van der Waals surface area (Å²) in [5, 5.41) is 0. The van der Waals surface area contributed by atoms with Crippen LogP contribution in [0.4, 0.5) is 0 Å². The van der Waals surface area contributed by atoms with Gasteiger partial charge >= 0.3 is 11.9 Å². The number of esters is 2. The van der Waals surface area contributed by atoms with E-state index in [1.807, 2.05) is 0 Å². The van der Waals surface area contributed by atoms with E-state index in [1.165, 1.54) is 0 Å². The van der Waals surface area contributed by atoms with Gasteiger partial charge in [-0.15, -0.1) is 0 Å². The summed E-state index contributed by atoms with van der Waals surface area (Å²) in [6, 6.07) is 0. The molecule has 0 aromatic carbocycles. The molecule has 0 N–H and O–H groups in total. The first-order valence-electron chi connectivity index (χ1n) is 10.8. The van der Waals surface area contributed by atoms with Crippen molar-refractivity contribution in [2.24, 2.45) is 23.7 Å². The quantitative estimate of drug-likeness (QED) is 0.403. The second kappa shape index (κ2) is 12.1. The summed E-state index contributed by atoms with van der Waals surface area (Å²) < 4.78 is 15.9. The van der Waals surface area contributed by atoms with Gasteiger partial charge in [0.1, 0.15) is 24.8 Å². The molecule has 0 amide bonds. The van der Waals surface area contributed by atoms with Crippen molar-refractivity contribution in [3.8, 4) is 0 Å². The minimum Gasteiger partial charge on any atom is -0.463 e. The van der Waals surface area contributed by atoms with Crippen LogP contribution in [-0.2, 0) is 33.4 Å². The minimum atomic E-state index is -0.219. The van der Waals surface area contributed by atoms with Crippen LogP contribution in [0.5, 0.6) is 0 Å². The Kier molecular flexibility index (Phi) is 9.78. The number of ether oxygens (including phenoxy) is 3. The Morgan fingerprint density at radius 2 is 0.862 bits per heavy atom. The lowest BCUT2D eigenvalue weighted by Gasteiger charge is -2.25. The molecule has 164 valence electrons. The third kappa shape index (κ3) is 7.88. The molecule has 2 saturated carbocycles. The van der Waals surface area contributed by atoms with Gasteiger partial charge in [0.25, 0.3) is 0 Å². The van der Waals surface area contributed by atoms with Gasteiger partial charge in [0, 0.05) is 11.8 Å². The van der Waals surface area contributed by atoms with Crippen molar-refractivity contribution in [2.45, 2.75) is 65.2 Å². The monoisotopic (exact) mass is 410 g/mol. The van der Waals surface area contributed by atoms with E-state index < -0.39 is 0 Å². The van der Waals surface area contributed by atoms with Gasteiger partial charge in [-0.1, -0.05) is 0 Å². The Bertz CT molecular complexity index is 520. The summed E-state index contributed by atoms with van der Waals surface area (Å²) in [5.74, 6) is -0.0893. The molecule has 2 aliphatic rings. The summed E-state index contributed by atoms with van der Waals surface area (Å²) in [6.45, 7) is 4.09. The Hall–Kier alpha value is -1.76.